The van der Waals surface area contributed by atoms with Gasteiger partial charge in [0.05, 0.1) is 12.1 Å². The van der Waals surface area contributed by atoms with Crippen molar-refractivity contribution in [1.82, 2.24) is 16.2 Å². The zero-order valence-corrected chi connectivity index (χ0v) is 12.8. The Kier molecular flexibility index (Phi) is 5.14. The van der Waals surface area contributed by atoms with Crippen LogP contribution in [0.5, 0.6) is 0 Å². The third-order valence-corrected chi connectivity index (χ3v) is 3.05. The van der Waals surface area contributed by atoms with Gasteiger partial charge in [-0.15, -0.1) is 0 Å². The van der Waals surface area contributed by atoms with Crippen molar-refractivity contribution in [2.45, 2.75) is 13.8 Å². The van der Waals surface area contributed by atoms with E-state index in [1.165, 1.54) is 0 Å². The fraction of sp³-hybridized carbons (Fsp3) is 0.188. The van der Waals surface area contributed by atoms with Crippen molar-refractivity contribution in [3.63, 3.8) is 0 Å². The summed E-state index contributed by atoms with van der Waals surface area (Å²) in [4.78, 5) is 35.3. The summed E-state index contributed by atoms with van der Waals surface area (Å²) in [6.45, 7) is 3.13. The molecule has 23 heavy (non-hydrogen) atoms. The number of rotatable bonds is 4. The molecule has 0 aliphatic rings. The molecule has 1 heterocycles. The van der Waals surface area contributed by atoms with Crippen LogP contribution in [0.4, 0.5) is 0 Å². The standard InChI is InChI=1S/C16H17N3O4/c1-10-8-13(11(2)23-10)16(22)19-18-14(20)9-17-15(21)12-6-4-3-5-7-12/h3-8H,9H2,1-2H3,(H,17,21)(H,18,20)(H,19,22). The summed E-state index contributed by atoms with van der Waals surface area (Å²) in [5.74, 6) is -0.323. The van der Waals surface area contributed by atoms with Gasteiger partial charge >= 0.3 is 0 Å². The quantitative estimate of drug-likeness (QED) is 0.735. The maximum atomic E-state index is 11.9. The molecule has 0 radical (unpaired) electrons. The molecule has 0 saturated carbocycles. The number of hydrogen-bond acceptors (Lipinski definition) is 4. The van der Waals surface area contributed by atoms with Crippen LogP contribution in [0, 0.1) is 13.8 Å². The van der Waals surface area contributed by atoms with Gasteiger partial charge in [0.2, 0.25) is 0 Å². The Bertz CT molecular complexity index is 722. The fourth-order valence-corrected chi connectivity index (χ4v) is 1.95. The molecule has 3 amide bonds. The summed E-state index contributed by atoms with van der Waals surface area (Å²) in [7, 11) is 0. The first-order valence-corrected chi connectivity index (χ1v) is 6.97. The Hall–Kier alpha value is -3.09. The first-order chi connectivity index (χ1) is 11.0. The van der Waals surface area contributed by atoms with Gasteiger partial charge in [-0.05, 0) is 32.0 Å². The predicted octanol–water partition coefficient (Wildman–Crippen LogP) is 1.09. The average Bonchev–Trinajstić information content (AvgIpc) is 2.89. The van der Waals surface area contributed by atoms with E-state index < -0.39 is 11.8 Å². The molecule has 1 aromatic heterocycles. The zero-order valence-electron chi connectivity index (χ0n) is 12.8. The summed E-state index contributed by atoms with van der Waals surface area (Å²) < 4.78 is 5.24. The highest BCUT2D eigenvalue weighted by atomic mass is 16.3. The summed E-state index contributed by atoms with van der Waals surface area (Å²) in [6, 6.07) is 10.1. The Labute approximate surface area is 133 Å². The van der Waals surface area contributed by atoms with Crippen molar-refractivity contribution < 1.29 is 18.8 Å². The molecule has 3 N–H and O–H groups in total. The van der Waals surface area contributed by atoms with Gasteiger partial charge in [0.25, 0.3) is 17.7 Å². The maximum absolute atomic E-state index is 11.9. The van der Waals surface area contributed by atoms with Crippen LogP contribution in [0.25, 0.3) is 0 Å². The normalized spacial score (nSPS) is 10.0. The highest BCUT2D eigenvalue weighted by Crippen LogP contribution is 2.12. The predicted molar refractivity (Wildman–Crippen MR) is 82.6 cm³/mol. The summed E-state index contributed by atoms with van der Waals surface area (Å²) >= 11 is 0. The highest BCUT2D eigenvalue weighted by Gasteiger charge is 2.14. The van der Waals surface area contributed by atoms with E-state index in [2.05, 4.69) is 16.2 Å². The molecule has 7 heteroatoms. The molecule has 1 aromatic carbocycles. The Morgan fingerprint density at radius 3 is 2.30 bits per heavy atom. The van der Waals surface area contributed by atoms with Crippen molar-refractivity contribution in [3.05, 3.63) is 59.0 Å². The van der Waals surface area contributed by atoms with Crippen LogP contribution in [0.1, 0.15) is 32.2 Å². The van der Waals surface area contributed by atoms with Gasteiger partial charge in [-0.1, -0.05) is 18.2 Å². The van der Waals surface area contributed by atoms with Gasteiger partial charge in [0, 0.05) is 5.56 Å². The largest absolute Gasteiger partial charge is 0.466 e. The summed E-state index contributed by atoms with van der Waals surface area (Å²) in [6.07, 6.45) is 0. The third-order valence-electron chi connectivity index (χ3n) is 3.05. The SMILES string of the molecule is Cc1cc(C(=O)NNC(=O)CNC(=O)c2ccccc2)c(C)o1. The Balaban J connectivity index is 1.78. The lowest BCUT2D eigenvalue weighted by molar-refractivity contribution is -0.120. The average molecular weight is 315 g/mol. The van der Waals surface area contributed by atoms with Crippen molar-refractivity contribution in [2.24, 2.45) is 0 Å². The minimum atomic E-state index is -0.541. The number of carbonyl (C=O) groups excluding carboxylic acids is 3. The van der Waals surface area contributed by atoms with Crippen molar-refractivity contribution in [1.29, 1.82) is 0 Å². The van der Waals surface area contributed by atoms with E-state index in [9.17, 15) is 14.4 Å². The molecule has 2 rings (SSSR count). The highest BCUT2D eigenvalue weighted by molar-refractivity contribution is 5.98. The molecular weight excluding hydrogens is 298 g/mol. The molecule has 0 aliphatic carbocycles. The molecular formula is C16H17N3O4. The van der Waals surface area contributed by atoms with E-state index in [1.807, 2.05) is 0 Å². The molecule has 0 atom stereocenters. The Morgan fingerprint density at radius 2 is 1.70 bits per heavy atom. The van der Waals surface area contributed by atoms with Crippen LogP contribution >= 0.6 is 0 Å². The number of hydrogen-bond donors (Lipinski definition) is 3. The topological polar surface area (TPSA) is 100 Å². The van der Waals surface area contributed by atoms with E-state index in [0.29, 0.717) is 22.6 Å². The molecule has 0 unspecified atom stereocenters. The van der Waals surface area contributed by atoms with E-state index in [-0.39, 0.29) is 12.5 Å². The van der Waals surface area contributed by atoms with Crippen LogP contribution in [-0.2, 0) is 4.79 Å². The number of amides is 3. The Morgan fingerprint density at radius 1 is 1.00 bits per heavy atom. The monoisotopic (exact) mass is 315 g/mol. The second-order valence-corrected chi connectivity index (χ2v) is 4.88. The zero-order chi connectivity index (χ0) is 16.8. The number of carbonyl (C=O) groups is 3. The van der Waals surface area contributed by atoms with Crippen LogP contribution in [0.2, 0.25) is 0 Å². The molecule has 2 aromatic rings. The first-order valence-electron chi connectivity index (χ1n) is 6.97. The number of aryl methyl sites for hydroxylation is 2. The number of benzene rings is 1. The lowest BCUT2D eigenvalue weighted by Crippen LogP contribution is -2.46. The molecule has 0 fully saturated rings. The van der Waals surface area contributed by atoms with Crippen molar-refractivity contribution in [3.8, 4) is 0 Å². The second-order valence-electron chi connectivity index (χ2n) is 4.88. The molecule has 0 saturated heterocycles. The fourth-order valence-electron chi connectivity index (χ4n) is 1.95. The van der Waals surface area contributed by atoms with Gasteiger partial charge in [-0.3, -0.25) is 25.2 Å². The molecule has 7 nitrogen and oxygen atoms in total. The van der Waals surface area contributed by atoms with Gasteiger partial charge in [-0.25, -0.2) is 0 Å². The number of nitrogens with one attached hydrogen (secondary N) is 3. The number of furan rings is 1. The summed E-state index contributed by atoms with van der Waals surface area (Å²) in [5, 5.41) is 2.46. The molecule has 0 spiro atoms. The van der Waals surface area contributed by atoms with Gasteiger partial charge in [0.1, 0.15) is 11.5 Å². The van der Waals surface area contributed by atoms with Crippen LogP contribution in [0.3, 0.4) is 0 Å². The molecule has 120 valence electrons. The van der Waals surface area contributed by atoms with Crippen LogP contribution in [-0.4, -0.2) is 24.3 Å². The minimum Gasteiger partial charge on any atom is -0.466 e. The first kappa shape index (κ1) is 16.3. The van der Waals surface area contributed by atoms with E-state index >= 15 is 0 Å². The van der Waals surface area contributed by atoms with E-state index in [4.69, 9.17) is 4.42 Å². The smallest absolute Gasteiger partial charge is 0.273 e. The minimum absolute atomic E-state index is 0.253. The maximum Gasteiger partial charge on any atom is 0.273 e. The van der Waals surface area contributed by atoms with Crippen molar-refractivity contribution in [2.75, 3.05) is 6.54 Å². The number of hydrazine groups is 1. The lowest BCUT2D eigenvalue weighted by atomic mass is 10.2. The van der Waals surface area contributed by atoms with Gasteiger partial charge < -0.3 is 9.73 Å². The van der Waals surface area contributed by atoms with E-state index in [0.717, 1.165) is 0 Å². The van der Waals surface area contributed by atoms with E-state index in [1.54, 1.807) is 50.2 Å². The summed E-state index contributed by atoms with van der Waals surface area (Å²) in [5.41, 5.74) is 5.29. The molecule has 0 bridgehead atoms. The molecule has 0 aliphatic heterocycles. The third kappa shape index (κ3) is 4.44. The van der Waals surface area contributed by atoms with Crippen molar-refractivity contribution >= 4 is 17.7 Å². The van der Waals surface area contributed by atoms with Crippen LogP contribution < -0.4 is 16.2 Å². The second kappa shape index (κ2) is 7.26. The van der Waals surface area contributed by atoms with Gasteiger partial charge in [0.15, 0.2) is 0 Å². The van der Waals surface area contributed by atoms with Crippen LogP contribution in [0.15, 0.2) is 40.8 Å². The van der Waals surface area contributed by atoms with Gasteiger partial charge in [-0.2, -0.15) is 0 Å². The lowest BCUT2D eigenvalue weighted by Gasteiger charge is -2.08.